The molecule has 25 heavy (non-hydrogen) atoms. The van der Waals surface area contributed by atoms with E-state index in [9.17, 15) is 27.2 Å². The summed E-state index contributed by atoms with van der Waals surface area (Å²) in [5, 5.41) is 4.38. The molecular weight excluding hydrogens is 360 g/mol. The van der Waals surface area contributed by atoms with Crippen molar-refractivity contribution in [3.05, 3.63) is 53.6 Å². The summed E-state index contributed by atoms with van der Waals surface area (Å²) >= 11 is 1.01. The van der Waals surface area contributed by atoms with Crippen LogP contribution in [0.2, 0.25) is 0 Å². The molecule has 132 valence electrons. The van der Waals surface area contributed by atoms with Gasteiger partial charge in [-0.1, -0.05) is 6.07 Å². The Morgan fingerprint density at radius 1 is 1.00 bits per heavy atom. The van der Waals surface area contributed by atoms with E-state index in [1.165, 1.54) is 6.92 Å². The van der Waals surface area contributed by atoms with Crippen molar-refractivity contribution >= 4 is 35.0 Å². The van der Waals surface area contributed by atoms with Crippen LogP contribution in [-0.2, 0) is 9.59 Å². The molecule has 2 aromatic carbocycles. The molecule has 0 unspecified atom stereocenters. The van der Waals surface area contributed by atoms with Gasteiger partial charge in [-0.3, -0.25) is 9.59 Å². The van der Waals surface area contributed by atoms with Crippen molar-refractivity contribution in [3.63, 3.8) is 0 Å². The van der Waals surface area contributed by atoms with Crippen molar-refractivity contribution in [2.75, 3.05) is 16.4 Å². The highest BCUT2D eigenvalue weighted by Gasteiger charge is 2.20. The maximum Gasteiger partial charge on any atom is 0.234 e. The summed E-state index contributed by atoms with van der Waals surface area (Å²) < 4.78 is 53.2. The SMILES string of the molecule is CC(=O)Nc1cccc(SCC(=O)Nc2c(F)c(F)cc(F)c2F)c1. The lowest BCUT2D eigenvalue weighted by molar-refractivity contribution is -0.114. The first kappa shape index (κ1) is 18.8. The zero-order valence-electron chi connectivity index (χ0n) is 12.8. The van der Waals surface area contributed by atoms with Crippen LogP contribution in [-0.4, -0.2) is 17.6 Å². The van der Waals surface area contributed by atoms with Crippen LogP contribution in [0, 0.1) is 23.3 Å². The van der Waals surface area contributed by atoms with Gasteiger partial charge in [-0.2, -0.15) is 0 Å². The fraction of sp³-hybridized carbons (Fsp3) is 0.125. The Morgan fingerprint density at radius 2 is 1.64 bits per heavy atom. The normalized spacial score (nSPS) is 10.4. The Bertz CT molecular complexity index is 804. The molecule has 0 fully saturated rings. The number of carbonyl (C=O) groups is 2. The third kappa shape index (κ3) is 4.96. The average Bonchev–Trinajstić information content (AvgIpc) is 2.55. The van der Waals surface area contributed by atoms with E-state index < -0.39 is 34.9 Å². The molecule has 0 saturated carbocycles. The number of hydrogen-bond acceptors (Lipinski definition) is 3. The third-order valence-corrected chi connectivity index (χ3v) is 3.89. The van der Waals surface area contributed by atoms with Crippen LogP contribution in [0.4, 0.5) is 28.9 Å². The second kappa shape index (κ2) is 8.02. The Morgan fingerprint density at radius 3 is 2.24 bits per heavy atom. The minimum Gasteiger partial charge on any atom is -0.326 e. The van der Waals surface area contributed by atoms with Gasteiger partial charge in [0.15, 0.2) is 23.3 Å². The molecule has 2 amide bonds. The molecule has 9 heteroatoms. The second-order valence-corrected chi connectivity index (χ2v) is 5.94. The number of carbonyl (C=O) groups excluding carboxylic acids is 2. The van der Waals surface area contributed by atoms with E-state index in [2.05, 4.69) is 5.32 Å². The first-order chi connectivity index (χ1) is 11.8. The summed E-state index contributed by atoms with van der Waals surface area (Å²) in [6.45, 7) is 1.34. The summed E-state index contributed by atoms with van der Waals surface area (Å²) in [6, 6.07) is 6.61. The number of halogens is 4. The van der Waals surface area contributed by atoms with Gasteiger partial charge in [-0.05, 0) is 18.2 Å². The maximum absolute atomic E-state index is 13.5. The zero-order valence-corrected chi connectivity index (χ0v) is 13.6. The smallest absolute Gasteiger partial charge is 0.234 e. The zero-order chi connectivity index (χ0) is 18.6. The van der Waals surface area contributed by atoms with E-state index >= 15 is 0 Å². The first-order valence-corrected chi connectivity index (χ1v) is 7.89. The van der Waals surface area contributed by atoms with Crippen molar-refractivity contribution in [2.24, 2.45) is 0 Å². The van der Waals surface area contributed by atoms with Crippen LogP contribution in [0.3, 0.4) is 0 Å². The van der Waals surface area contributed by atoms with Gasteiger partial charge in [0.25, 0.3) is 0 Å². The highest BCUT2D eigenvalue weighted by Crippen LogP contribution is 2.25. The predicted octanol–water partition coefficient (Wildman–Crippen LogP) is 3.93. The molecule has 0 aliphatic heterocycles. The van der Waals surface area contributed by atoms with Crippen molar-refractivity contribution in [1.29, 1.82) is 0 Å². The lowest BCUT2D eigenvalue weighted by Crippen LogP contribution is -2.17. The van der Waals surface area contributed by atoms with Gasteiger partial charge in [0.2, 0.25) is 11.8 Å². The molecule has 0 atom stereocenters. The van der Waals surface area contributed by atoms with Gasteiger partial charge in [-0.25, -0.2) is 17.6 Å². The van der Waals surface area contributed by atoms with Gasteiger partial charge in [0, 0.05) is 23.6 Å². The van der Waals surface area contributed by atoms with E-state index in [1.54, 1.807) is 24.3 Å². The van der Waals surface area contributed by atoms with E-state index in [-0.39, 0.29) is 17.7 Å². The average molecular weight is 372 g/mol. The van der Waals surface area contributed by atoms with E-state index in [0.29, 0.717) is 10.6 Å². The first-order valence-electron chi connectivity index (χ1n) is 6.91. The Hall–Kier alpha value is -2.55. The van der Waals surface area contributed by atoms with Gasteiger partial charge in [0.05, 0.1) is 5.75 Å². The Kier molecular flexibility index (Phi) is 6.02. The lowest BCUT2D eigenvalue weighted by Gasteiger charge is -2.09. The minimum atomic E-state index is -1.68. The number of anilines is 2. The number of thioether (sulfide) groups is 1. The van der Waals surface area contributed by atoms with Crippen LogP contribution in [0.25, 0.3) is 0 Å². The molecule has 0 saturated heterocycles. The molecule has 2 N–H and O–H groups in total. The highest BCUT2D eigenvalue weighted by molar-refractivity contribution is 8.00. The maximum atomic E-state index is 13.5. The second-order valence-electron chi connectivity index (χ2n) is 4.89. The van der Waals surface area contributed by atoms with Crippen LogP contribution in [0.15, 0.2) is 35.2 Å². The van der Waals surface area contributed by atoms with Crippen molar-refractivity contribution in [3.8, 4) is 0 Å². The molecule has 2 rings (SSSR count). The molecule has 0 aliphatic rings. The molecule has 0 radical (unpaired) electrons. The third-order valence-electron chi connectivity index (χ3n) is 2.90. The molecule has 4 nitrogen and oxygen atoms in total. The molecule has 2 aromatic rings. The van der Waals surface area contributed by atoms with Crippen LogP contribution in [0.1, 0.15) is 6.92 Å². The summed E-state index contributed by atoms with van der Waals surface area (Å²) in [7, 11) is 0. The Labute approximate surface area is 144 Å². The van der Waals surface area contributed by atoms with Crippen molar-refractivity contribution < 1.29 is 27.2 Å². The summed E-state index contributed by atoms with van der Waals surface area (Å²) in [4.78, 5) is 23.4. The fourth-order valence-electron chi connectivity index (χ4n) is 1.87. The van der Waals surface area contributed by atoms with E-state index in [4.69, 9.17) is 0 Å². The quantitative estimate of drug-likeness (QED) is 0.475. The summed E-state index contributed by atoms with van der Waals surface area (Å²) in [5.74, 6) is -7.94. The van der Waals surface area contributed by atoms with Crippen molar-refractivity contribution in [1.82, 2.24) is 0 Å². The van der Waals surface area contributed by atoms with Crippen LogP contribution < -0.4 is 10.6 Å². The number of nitrogens with one attached hydrogen (secondary N) is 2. The molecule has 0 heterocycles. The monoisotopic (exact) mass is 372 g/mol. The molecular formula is C16H12F4N2O2S. The van der Waals surface area contributed by atoms with Gasteiger partial charge >= 0.3 is 0 Å². The van der Waals surface area contributed by atoms with Crippen LogP contribution >= 0.6 is 11.8 Å². The number of benzene rings is 2. The molecule has 0 spiro atoms. The summed E-state index contributed by atoms with van der Waals surface area (Å²) in [6.07, 6.45) is 0. The fourth-order valence-corrected chi connectivity index (χ4v) is 2.63. The number of hydrogen-bond donors (Lipinski definition) is 2. The van der Waals surface area contributed by atoms with Gasteiger partial charge < -0.3 is 10.6 Å². The van der Waals surface area contributed by atoms with E-state index in [1.807, 2.05) is 5.32 Å². The van der Waals surface area contributed by atoms with Crippen molar-refractivity contribution in [2.45, 2.75) is 11.8 Å². The largest absolute Gasteiger partial charge is 0.326 e. The number of rotatable bonds is 5. The summed E-state index contributed by atoms with van der Waals surface area (Å²) in [5.41, 5.74) is -0.655. The van der Waals surface area contributed by atoms with E-state index in [0.717, 1.165) is 11.8 Å². The van der Waals surface area contributed by atoms with Crippen LogP contribution in [0.5, 0.6) is 0 Å². The molecule has 0 aliphatic carbocycles. The van der Waals surface area contributed by atoms with Gasteiger partial charge in [0.1, 0.15) is 5.69 Å². The lowest BCUT2D eigenvalue weighted by atomic mass is 10.2. The molecule has 0 bridgehead atoms. The molecule has 0 aromatic heterocycles. The number of amides is 2. The minimum absolute atomic E-state index is 0.0581. The Balaban J connectivity index is 2.04. The van der Waals surface area contributed by atoms with Gasteiger partial charge in [-0.15, -0.1) is 11.8 Å². The standard InChI is InChI=1S/C16H12F4N2O2S/c1-8(23)21-9-3-2-4-10(5-9)25-7-13(24)22-16-14(19)11(17)6-12(18)15(16)20/h2-6H,7H2,1H3,(H,21,23)(H,22,24). The highest BCUT2D eigenvalue weighted by atomic mass is 32.2. The topological polar surface area (TPSA) is 58.2 Å². The predicted molar refractivity (Wildman–Crippen MR) is 86.4 cm³/mol.